The summed E-state index contributed by atoms with van der Waals surface area (Å²) in [7, 11) is 1.74. The van der Waals surface area contributed by atoms with Crippen molar-refractivity contribution < 1.29 is 9.84 Å². The number of ether oxygens (including phenoxy) is 1. The van der Waals surface area contributed by atoms with E-state index < -0.39 is 0 Å². The summed E-state index contributed by atoms with van der Waals surface area (Å²) in [6.45, 7) is 6.28. The minimum absolute atomic E-state index is 0.119. The van der Waals surface area contributed by atoms with E-state index in [1.807, 2.05) is 6.92 Å². The highest BCUT2D eigenvalue weighted by Crippen LogP contribution is 2.22. The second-order valence-electron chi connectivity index (χ2n) is 3.75. The van der Waals surface area contributed by atoms with Crippen LogP contribution in [0.1, 0.15) is 27.2 Å². The highest BCUT2D eigenvalue weighted by Gasteiger charge is 2.19. The lowest BCUT2D eigenvalue weighted by Crippen LogP contribution is -2.22. The lowest BCUT2D eigenvalue weighted by molar-refractivity contribution is 0.0957. The average molecular weight is 324 g/mol. The molecule has 88 valence electrons. The van der Waals surface area contributed by atoms with Crippen LogP contribution in [-0.2, 0) is 4.74 Å². The predicted octanol–water partition coefficient (Wildman–Crippen LogP) is 3.31. The molecule has 1 N–H and O–H groups in total. The van der Waals surface area contributed by atoms with Crippen LogP contribution in [0.2, 0.25) is 0 Å². The predicted molar refractivity (Wildman–Crippen MR) is 73.2 cm³/mol. The van der Waals surface area contributed by atoms with Gasteiger partial charge in [0, 0.05) is 13.0 Å². The van der Waals surface area contributed by atoms with Gasteiger partial charge in [-0.3, -0.25) is 0 Å². The quantitative estimate of drug-likeness (QED) is 0.600. The third kappa shape index (κ3) is 5.13. The summed E-state index contributed by atoms with van der Waals surface area (Å²) < 4.78 is 7.55. The molecule has 0 aliphatic heterocycles. The van der Waals surface area contributed by atoms with Crippen LogP contribution in [0, 0.1) is 5.92 Å². The van der Waals surface area contributed by atoms with E-state index in [-0.39, 0.29) is 12.7 Å². The van der Waals surface area contributed by atoms with Gasteiger partial charge in [0.2, 0.25) is 0 Å². The molecule has 2 atom stereocenters. The van der Waals surface area contributed by atoms with Gasteiger partial charge in [0.15, 0.2) is 0 Å². The van der Waals surface area contributed by atoms with Gasteiger partial charge in [-0.15, -0.1) is 0 Å². The minimum Gasteiger partial charge on any atom is -0.392 e. The molecule has 0 unspecified atom stereocenters. The minimum atomic E-state index is 0.119. The van der Waals surface area contributed by atoms with E-state index in [9.17, 15) is 0 Å². The Kier molecular flexibility index (Phi) is 8.37. The van der Waals surface area contributed by atoms with Crippen LogP contribution in [0.15, 0.2) is 21.3 Å². The Bertz CT molecular complexity index is 234. The fourth-order valence-electron chi connectivity index (χ4n) is 1.60. The maximum Gasteiger partial charge on any atom is 0.0848 e. The molecule has 0 amide bonds. The summed E-state index contributed by atoms with van der Waals surface area (Å²) >= 11 is 2.23. The SMILES string of the molecule is CC[C@H](C=C(C)CO)[C@H](OC)C(C)=CI. The van der Waals surface area contributed by atoms with Crippen molar-refractivity contribution in [2.24, 2.45) is 5.92 Å². The Morgan fingerprint density at radius 3 is 2.40 bits per heavy atom. The topological polar surface area (TPSA) is 29.5 Å². The summed E-state index contributed by atoms with van der Waals surface area (Å²) in [5.74, 6) is 0.341. The van der Waals surface area contributed by atoms with Crippen LogP contribution >= 0.6 is 22.6 Å². The smallest absolute Gasteiger partial charge is 0.0848 e. The highest BCUT2D eigenvalue weighted by molar-refractivity contribution is 14.1. The van der Waals surface area contributed by atoms with E-state index in [1.165, 1.54) is 5.57 Å². The summed E-state index contributed by atoms with van der Waals surface area (Å²) in [5, 5.41) is 9.00. The van der Waals surface area contributed by atoms with E-state index in [0.29, 0.717) is 5.92 Å². The highest BCUT2D eigenvalue weighted by atomic mass is 127. The maximum absolute atomic E-state index is 9.00. The molecule has 3 heteroatoms. The molecule has 0 bridgehead atoms. The van der Waals surface area contributed by atoms with Gasteiger partial charge in [-0.2, -0.15) is 0 Å². The van der Waals surface area contributed by atoms with E-state index in [1.54, 1.807) is 7.11 Å². The Labute approximate surface area is 107 Å². The largest absolute Gasteiger partial charge is 0.392 e. The van der Waals surface area contributed by atoms with Gasteiger partial charge in [-0.1, -0.05) is 41.2 Å². The number of aliphatic hydroxyl groups is 1. The van der Waals surface area contributed by atoms with Crippen molar-refractivity contribution >= 4 is 22.6 Å². The van der Waals surface area contributed by atoms with Gasteiger partial charge in [0.05, 0.1) is 12.7 Å². The third-order valence-corrected chi connectivity index (χ3v) is 3.47. The Morgan fingerprint density at radius 1 is 1.47 bits per heavy atom. The molecule has 0 aromatic rings. The fourth-order valence-corrected chi connectivity index (χ4v) is 1.95. The first-order valence-corrected chi connectivity index (χ1v) is 6.43. The molecule has 2 nitrogen and oxygen atoms in total. The first kappa shape index (κ1) is 15.1. The van der Waals surface area contributed by atoms with Crippen molar-refractivity contribution in [3.05, 3.63) is 21.3 Å². The zero-order valence-electron chi connectivity index (χ0n) is 9.96. The molecule has 0 aromatic heterocycles. The van der Waals surface area contributed by atoms with Crippen molar-refractivity contribution in [3.63, 3.8) is 0 Å². The number of rotatable bonds is 6. The van der Waals surface area contributed by atoms with E-state index >= 15 is 0 Å². The van der Waals surface area contributed by atoms with Crippen LogP contribution < -0.4 is 0 Å². The summed E-state index contributed by atoms with van der Waals surface area (Å²) in [6, 6.07) is 0. The molecule has 0 spiro atoms. The first-order valence-electron chi connectivity index (χ1n) is 5.18. The molecular formula is C12H21IO2. The Hall–Kier alpha value is 0.130. The molecular weight excluding hydrogens is 303 g/mol. The van der Waals surface area contributed by atoms with Gasteiger partial charge in [-0.25, -0.2) is 0 Å². The lowest BCUT2D eigenvalue weighted by Gasteiger charge is -2.23. The van der Waals surface area contributed by atoms with E-state index in [2.05, 4.69) is 46.6 Å². The molecule has 0 heterocycles. The second-order valence-corrected chi connectivity index (χ2v) is 4.38. The summed E-state index contributed by atoms with van der Waals surface area (Å²) in [6.07, 6.45) is 3.24. The number of aliphatic hydroxyl groups excluding tert-OH is 1. The zero-order valence-corrected chi connectivity index (χ0v) is 12.1. The average Bonchev–Trinajstić information content (AvgIpc) is 2.27. The normalized spacial score (nSPS) is 17.7. The van der Waals surface area contributed by atoms with Gasteiger partial charge < -0.3 is 9.84 Å². The van der Waals surface area contributed by atoms with Gasteiger partial charge in [0.25, 0.3) is 0 Å². The zero-order chi connectivity index (χ0) is 11.8. The molecule has 0 rings (SSSR count). The van der Waals surface area contributed by atoms with Crippen LogP contribution in [-0.4, -0.2) is 24.9 Å². The number of hydrogen-bond acceptors (Lipinski definition) is 2. The van der Waals surface area contributed by atoms with Crippen molar-refractivity contribution in [1.82, 2.24) is 0 Å². The molecule has 0 radical (unpaired) electrons. The van der Waals surface area contributed by atoms with Crippen molar-refractivity contribution in [3.8, 4) is 0 Å². The van der Waals surface area contributed by atoms with E-state index in [0.717, 1.165) is 12.0 Å². The molecule has 0 aliphatic carbocycles. The molecule has 0 saturated carbocycles. The van der Waals surface area contributed by atoms with E-state index in [4.69, 9.17) is 9.84 Å². The lowest BCUT2D eigenvalue weighted by atomic mass is 9.93. The number of methoxy groups -OCH3 is 1. The summed E-state index contributed by atoms with van der Waals surface area (Å²) in [5.41, 5.74) is 2.23. The maximum atomic E-state index is 9.00. The Balaban J connectivity index is 4.76. The first-order chi connectivity index (χ1) is 7.10. The fraction of sp³-hybridized carbons (Fsp3) is 0.667. The molecule has 15 heavy (non-hydrogen) atoms. The second kappa shape index (κ2) is 8.30. The molecule has 0 aliphatic rings. The molecule has 0 fully saturated rings. The Morgan fingerprint density at radius 2 is 2.07 bits per heavy atom. The van der Waals surface area contributed by atoms with Crippen LogP contribution in [0.4, 0.5) is 0 Å². The van der Waals surface area contributed by atoms with Crippen molar-refractivity contribution in [1.29, 1.82) is 0 Å². The van der Waals surface area contributed by atoms with Gasteiger partial charge in [0.1, 0.15) is 0 Å². The third-order valence-electron chi connectivity index (χ3n) is 2.48. The van der Waals surface area contributed by atoms with Crippen LogP contribution in [0.5, 0.6) is 0 Å². The van der Waals surface area contributed by atoms with Gasteiger partial charge in [-0.05, 0) is 29.9 Å². The summed E-state index contributed by atoms with van der Waals surface area (Å²) in [4.78, 5) is 0. The molecule has 0 aromatic carbocycles. The van der Waals surface area contributed by atoms with Gasteiger partial charge >= 0.3 is 0 Å². The van der Waals surface area contributed by atoms with Crippen molar-refractivity contribution in [2.45, 2.75) is 33.3 Å². The van der Waals surface area contributed by atoms with Crippen LogP contribution in [0.3, 0.4) is 0 Å². The molecule has 0 saturated heterocycles. The van der Waals surface area contributed by atoms with Crippen LogP contribution in [0.25, 0.3) is 0 Å². The van der Waals surface area contributed by atoms with Crippen molar-refractivity contribution in [2.75, 3.05) is 13.7 Å². The standard InChI is InChI=1S/C12H21IO2/c1-5-11(6-9(2)8-14)12(15-4)10(3)7-13/h6-7,11-12,14H,5,8H2,1-4H3/t11-,12-/m1/s1. The monoisotopic (exact) mass is 324 g/mol. The number of halogens is 1. The number of hydrogen-bond donors (Lipinski definition) is 1.